The van der Waals surface area contributed by atoms with Gasteiger partial charge in [0, 0.05) is 22.8 Å². The average Bonchev–Trinajstić information content (AvgIpc) is 3.12. The first-order valence-corrected chi connectivity index (χ1v) is 8.61. The van der Waals surface area contributed by atoms with E-state index in [1.54, 1.807) is 13.3 Å². The van der Waals surface area contributed by atoms with Gasteiger partial charge in [-0.15, -0.1) is 11.3 Å². The van der Waals surface area contributed by atoms with E-state index in [1.165, 1.54) is 11.3 Å². The highest BCUT2D eigenvalue weighted by atomic mass is 32.1. The molecule has 2 aromatic carbocycles. The Hall–Kier alpha value is -3.10. The number of hydrogen-bond acceptors (Lipinski definition) is 5. The van der Waals surface area contributed by atoms with Crippen molar-refractivity contribution in [3.8, 4) is 23.1 Å². The monoisotopic (exact) mass is 347 g/mol. The van der Waals surface area contributed by atoms with Gasteiger partial charge in [-0.3, -0.25) is 0 Å². The van der Waals surface area contributed by atoms with E-state index in [0.29, 0.717) is 10.6 Å². The smallest absolute Gasteiger partial charge is 0.136 e. The van der Waals surface area contributed by atoms with E-state index in [4.69, 9.17) is 4.74 Å². The summed E-state index contributed by atoms with van der Waals surface area (Å²) in [5.41, 5.74) is 4.45. The van der Waals surface area contributed by atoms with Gasteiger partial charge in [-0.1, -0.05) is 12.1 Å². The Labute approximate surface area is 151 Å². The molecule has 1 aromatic heterocycles. The first kappa shape index (κ1) is 16.7. The number of nitrogens with zero attached hydrogens (tertiary/aromatic N) is 2. The van der Waals surface area contributed by atoms with Gasteiger partial charge in [-0.2, -0.15) is 5.26 Å². The fraction of sp³-hybridized carbons (Fsp3) is 0.100. The van der Waals surface area contributed by atoms with Crippen molar-refractivity contribution in [3.63, 3.8) is 0 Å². The Morgan fingerprint density at radius 2 is 2.04 bits per heavy atom. The largest absolute Gasteiger partial charge is 0.497 e. The lowest BCUT2D eigenvalue weighted by atomic mass is 10.2. The number of methoxy groups -OCH3 is 1. The first-order valence-electron chi connectivity index (χ1n) is 7.73. The molecule has 3 rings (SSSR count). The Kier molecular flexibility index (Phi) is 5.12. The molecule has 0 radical (unpaired) electrons. The van der Waals surface area contributed by atoms with Crippen LogP contribution in [0.3, 0.4) is 0 Å². The lowest BCUT2D eigenvalue weighted by Crippen LogP contribution is -1.91. The first-order chi connectivity index (χ1) is 12.2. The van der Waals surface area contributed by atoms with Gasteiger partial charge in [-0.05, 0) is 48.9 Å². The van der Waals surface area contributed by atoms with E-state index >= 15 is 0 Å². The number of hydrogen-bond donors (Lipinski definition) is 1. The van der Waals surface area contributed by atoms with E-state index in [9.17, 15) is 5.26 Å². The molecule has 0 amide bonds. The fourth-order valence-electron chi connectivity index (χ4n) is 2.32. The van der Waals surface area contributed by atoms with Crippen LogP contribution in [0, 0.1) is 18.3 Å². The van der Waals surface area contributed by atoms with Gasteiger partial charge in [-0.25, -0.2) is 4.98 Å². The number of thiazole rings is 1. The second-order valence-electron chi connectivity index (χ2n) is 5.45. The Morgan fingerprint density at radius 3 is 2.72 bits per heavy atom. The molecule has 0 aliphatic carbocycles. The van der Waals surface area contributed by atoms with Crippen molar-refractivity contribution in [2.24, 2.45) is 0 Å². The number of nitriles is 1. The number of nitrogens with one attached hydrogen (secondary N) is 1. The summed E-state index contributed by atoms with van der Waals surface area (Å²) in [4.78, 5) is 4.58. The predicted octanol–water partition coefficient (Wildman–Crippen LogP) is 5.10. The van der Waals surface area contributed by atoms with Gasteiger partial charge in [0.1, 0.15) is 22.4 Å². The minimum Gasteiger partial charge on any atom is -0.497 e. The van der Waals surface area contributed by atoms with Gasteiger partial charge < -0.3 is 10.1 Å². The van der Waals surface area contributed by atoms with E-state index in [0.717, 1.165) is 28.3 Å². The number of aromatic nitrogens is 1. The SMILES string of the molecule is COc1ccc(-c2csc(/C(C#N)=C/Nc3cccc(C)c3)n2)cc1. The van der Waals surface area contributed by atoms with Crippen LogP contribution in [0.5, 0.6) is 5.75 Å². The summed E-state index contributed by atoms with van der Waals surface area (Å²) in [6.45, 7) is 2.03. The topological polar surface area (TPSA) is 57.9 Å². The highest BCUT2D eigenvalue weighted by Gasteiger charge is 2.09. The van der Waals surface area contributed by atoms with Gasteiger partial charge >= 0.3 is 0 Å². The van der Waals surface area contributed by atoms with Crippen molar-refractivity contribution >= 4 is 22.6 Å². The minimum atomic E-state index is 0.506. The third-order valence-electron chi connectivity index (χ3n) is 3.64. The van der Waals surface area contributed by atoms with Gasteiger partial charge in [0.25, 0.3) is 0 Å². The van der Waals surface area contributed by atoms with Crippen LogP contribution in [0.25, 0.3) is 16.8 Å². The summed E-state index contributed by atoms with van der Waals surface area (Å²) in [6.07, 6.45) is 1.70. The lowest BCUT2D eigenvalue weighted by Gasteiger charge is -2.02. The zero-order valence-corrected chi connectivity index (χ0v) is 14.8. The third-order valence-corrected chi connectivity index (χ3v) is 4.52. The van der Waals surface area contributed by atoms with Crippen LogP contribution in [-0.4, -0.2) is 12.1 Å². The summed E-state index contributed by atoms with van der Waals surface area (Å²) in [5, 5.41) is 15.3. The fourth-order valence-corrected chi connectivity index (χ4v) is 3.12. The molecular formula is C20H17N3OS. The molecule has 0 atom stereocenters. The minimum absolute atomic E-state index is 0.506. The van der Waals surface area contributed by atoms with Crippen molar-refractivity contribution in [2.45, 2.75) is 6.92 Å². The van der Waals surface area contributed by atoms with E-state index in [-0.39, 0.29) is 0 Å². The van der Waals surface area contributed by atoms with Gasteiger partial charge in [0.2, 0.25) is 0 Å². The average molecular weight is 347 g/mol. The molecule has 1 heterocycles. The number of anilines is 1. The normalized spacial score (nSPS) is 11.0. The highest BCUT2D eigenvalue weighted by Crippen LogP contribution is 2.27. The van der Waals surface area contributed by atoms with Crippen LogP contribution < -0.4 is 10.1 Å². The molecule has 3 aromatic rings. The van der Waals surface area contributed by atoms with Crippen molar-refractivity contribution in [1.82, 2.24) is 4.98 Å². The van der Waals surface area contributed by atoms with Crippen LogP contribution in [0.2, 0.25) is 0 Å². The van der Waals surface area contributed by atoms with Crippen molar-refractivity contribution in [3.05, 3.63) is 70.7 Å². The summed E-state index contributed by atoms with van der Waals surface area (Å²) in [7, 11) is 1.64. The number of aryl methyl sites for hydroxylation is 1. The molecule has 5 heteroatoms. The molecule has 4 nitrogen and oxygen atoms in total. The maximum absolute atomic E-state index is 9.45. The standard InChI is InChI=1S/C20H17N3OS/c1-14-4-3-5-17(10-14)22-12-16(11-21)20-23-19(13-25-20)15-6-8-18(24-2)9-7-15/h3-10,12-13,22H,1-2H3/b16-12+. The number of allylic oxidation sites excluding steroid dienone is 1. The van der Waals surface area contributed by atoms with Crippen molar-refractivity contribution < 1.29 is 4.74 Å². The Balaban J connectivity index is 1.81. The molecule has 0 aliphatic heterocycles. The summed E-state index contributed by atoms with van der Waals surface area (Å²) in [6, 6.07) is 17.9. The molecule has 124 valence electrons. The van der Waals surface area contributed by atoms with Crippen molar-refractivity contribution in [1.29, 1.82) is 5.26 Å². The van der Waals surface area contributed by atoms with Crippen LogP contribution in [-0.2, 0) is 0 Å². The second-order valence-corrected chi connectivity index (χ2v) is 6.31. The quantitative estimate of drug-likeness (QED) is 0.652. The zero-order chi connectivity index (χ0) is 17.6. The lowest BCUT2D eigenvalue weighted by molar-refractivity contribution is 0.415. The summed E-state index contributed by atoms with van der Waals surface area (Å²) >= 11 is 1.45. The van der Waals surface area contributed by atoms with E-state index in [1.807, 2.05) is 60.8 Å². The molecule has 1 N–H and O–H groups in total. The van der Waals surface area contributed by atoms with Crippen LogP contribution in [0.4, 0.5) is 5.69 Å². The number of rotatable bonds is 5. The van der Waals surface area contributed by atoms with Crippen LogP contribution >= 0.6 is 11.3 Å². The molecule has 0 aliphatic rings. The molecule has 0 spiro atoms. The molecule has 0 saturated heterocycles. The maximum Gasteiger partial charge on any atom is 0.136 e. The Bertz CT molecular complexity index is 936. The molecule has 0 unspecified atom stereocenters. The van der Waals surface area contributed by atoms with E-state index in [2.05, 4.69) is 16.4 Å². The summed E-state index contributed by atoms with van der Waals surface area (Å²) < 4.78 is 5.17. The molecule has 0 saturated carbocycles. The molecule has 25 heavy (non-hydrogen) atoms. The van der Waals surface area contributed by atoms with Gasteiger partial charge in [0.15, 0.2) is 0 Å². The second kappa shape index (κ2) is 7.65. The summed E-state index contributed by atoms with van der Waals surface area (Å²) in [5.74, 6) is 0.805. The predicted molar refractivity (Wildman–Crippen MR) is 102 cm³/mol. The van der Waals surface area contributed by atoms with Crippen molar-refractivity contribution in [2.75, 3.05) is 12.4 Å². The zero-order valence-electron chi connectivity index (χ0n) is 14.0. The molecule has 0 fully saturated rings. The third kappa shape index (κ3) is 4.06. The highest BCUT2D eigenvalue weighted by molar-refractivity contribution is 7.11. The molecular weight excluding hydrogens is 330 g/mol. The number of ether oxygens (including phenoxy) is 1. The number of benzene rings is 2. The van der Waals surface area contributed by atoms with Crippen LogP contribution in [0.15, 0.2) is 60.1 Å². The van der Waals surface area contributed by atoms with Gasteiger partial charge in [0.05, 0.1) is 12.8 Å². The van der Waals surface area contributed by atoms with E-state index < -0.39 is 0 Å². The Morgan fingerprint density at radius 1 is 1.24 bits per heavy atom. The maximum atomic E-state index is 9.45. The molecule has 0 bridgehead atoms. The van der Waals surface area contributed by atoms with Crippen LogP contribution in [0.1, 0.15) is 10.6 Å².